The molecular formula is C32H30N8O4. The van der Waals surface area contributed by atoms with Crippen LogP contribution in [0, 0.1) is 0 Å². The Hall–Kier alpha value is -5.65. The number of aromatic amines is 1. The van der Waals surface area contributed by atoms with Crippen LogP contribution in [0.25, 0.3) is 33.7 Å². The van der Waals surface area contributed by atoms with Crippen LogP contribution < -0.4 is 11.2 Å². The number of nitrogens with one attached hydrogen (secondary N) is 1. The van der Waals surface area contributed by atoms with Crippen LogP contribution in [0.15, 0.2) is 88.5 Å². The number of imidazole rings is 1. The second kappa shape index (κ2) is 12.3. The molecule has 0 aliphatic rings. The van der Waals surface area contributed by atoms with Crippen molar-refractivity contribution < 1.29 is 9.53 Å². The highest BCUT2D eigenvalue weighted by atomic mass is 16.5. The number of aromatic nitrogens is 8. The van der Waals surface area contributed by atoms with E-state index >= 15 is 0 Å². The summed E-state index contributed by atoms with van der Waals surface area (Å²) in [6.07, 6.45) is 1.09. The van der Waals surface area contributed by atoms with Crippen LogP contribution in [0.2, 0.25) is 0 Å². The van der Waals surface area contributed by atoms with Gasteiger partial charge in [-0.2, -0.15) is 0 Å². The molecule has 12 heteroatoms. The number of fused-ring (bicyclic) bond motifs is 1. The lowest BCUT2D eigenvalue weighted by Crippen LogP contribution is -2.42. The van der Waals surface area contributed by atoms with Gasteiger partial charge in [-0.3, -0.25) is 14.2 Å². The molecule has 0 amide bonds. The fourth-order valence-corrected chi connectivity index (χ4v) is 5.38. The molecule has 0 bridgehead atoms. The van der Waals surface area contributed by atoms with E-state index in [1.807, 2.05) is 90.4 Å². The number of nitrogens with zero attached hydrogens (tertiary/aromatic N) is 7. The van der Waals surface area contributed by atoms with Crippen LogP contribution in [-0.4, -0.2) is 52.4 Å². The van der Waals surface area contributed by atoms with Gasteiger partial charge in [-0.05, 0) is 39.1 Å². The first kappa shape index (κ1) is 28.5. The number of rotatable bonds is 10. The number of H-pyrrole nitrogens is 1. The van der Waals surface area contributed by atoms with E-state index in [0.29, 0.717) is 36.7 Å². The standard InChI is InChI=1S/C32H30N8O4/c1-3-26-33-30-28(31(42)40(20-27(41)44-2)32(43)38(30)18-17-21-9-5-4-6-10-21)39(26)19-22-13-15-23(16-14-22)24-11-7-8-12-25(24)29-34-36-37-35-29/h4-16H,3,17-20H2,1-2H3,(H,34,35,36,37). The first-order valence-electron chi connectivity index (χ1n) is 14.2. The highest BCUT2D eigenvalue weighted by Gasteiger charge is 2.23. The molecule has 0 saturated heterocycles. The van der Waals surface area contributed by atoms with Gasteiger partial charge in [0, 0.05) is 25.1 Å². The molecule has 3 aromatic carbocycles. The van der Waals surface area contributed by atoms with Gasteiger partial charge in [0.2, 0.25) is 0 Å². The zero-order chi connectivity index (χ0) is 30.6. The molecule has 6 rings (SSSR count). The van der Waals surface area contributed by atoms with Gasteiger partial charge in [-0.15, -0.1) is 5.10 Å². The minimum atomic E-state index is -0.683. The molecule has 44 heavy (non-hydrogen) atoms. The van der Waals surface area contributed by atoms with E-state index in [1.165, 1.54) is 11.7 Å². The van der Waals surface area contributed by atoms with Gasteiger partial charge in [0.05, 0.1) is 7.11 Å². The number of methoxy groups -OCH3 is 1. The molecule has 0 unspecified atom stereocenters. The minimum absolute atomic E-state index is 0.269. The number of carbonyl (C=O) groups excluding carboxylic acids is 1. The normalized spacial score (nSPS) is 11.2. The maximum atomic E-state index is 13.8. The SMILES string of the molecule is CCc1nc2c(c(=O)n(CC(=O)OC)c(=O)n2CCc2ccccc2)n1Cc1ccc(-c2ccccc2-c2nnn[nH]2)cc1. The number of tetrazole rings is 1. The molecule has 12 nitrogen and oxygen atoms in total. The lowest BCUT2D eigenvalue weighted by atomic mass is 9.98. The molecule has 0 fully saturated rings. The van der Waals surface area contributed by atoms with Crippen LogP contribution in [0.4, 0.5) is 0 Å². The van der Waals surface area contributed by atoms with E-state index in [0.717, 1.165) is 32.4 Å². The molecule has 3 aromatic heterocycles. The molecule has 0 saturated carbocycles. The Morgan fingerprint density at radius 1 is 0.864 bits per heavy atom. The third-order valence-electron chi connectivity index (χ3n) is 7.62. The van der Waals surface area contributed by atoms with Crippen molar-refractivity contribution in [2.75, 3.05) is 7.11 Å². The molecular weight excluding hydrogens is 560 g/mol. The lowest BCUT2D eigenvalue weighted by Gasteiger charge is -2.13. The van der Waals surface area contributed by atoms with Gasteiger partial charge in [-0.25, -0.2) is 19.4 Å². The largest absolute Gasteiger partial charge is 0.468 e. The average molecular weight is 591 g/mol. The number of hydrogen-bond acceptors (Lipinski definition) is 8. The highest BCUT2D eigenvalue weighted by Crippen LogP contribution is 2.30. The maximum Gasteiger partial charge on any atom is 0.333 e. The molecule has 1 N–H and O–H groups in total. The number of carbonyl (C=O) groups is 1. The van der Waals surface area contributed by atoms with Gasteiger partial charge in [0.25, 0.3) is 5.56 Å². The Kier molecular flexibility index (Phi) is 7.96. The van der Waals surface area contributed by atoms with E-state index in [1.54, 1.807) is 0 Å². The van der Waals surface area contributed by atoms with Crippen LogP contribution in [0.3, 0.4) is 0 Å². The summed E-state index contributed by atoms with van der Waals surface area (Å²) in [4.78, 5) is 44.4. The van der Waals surface area contributed by atoms with E-state index in [2.05, 4.69) is 20.6 Å². The van der Waals surface area contributed by atoms with E-state index in [-0.39, 0.29) is 12.1 Å². The molecule has 6 aromatic rings. The van der Waals surface area contributed by atoms with Crippen LogP contribution in [0.1, 0.15) is 23.9 Å². The zero-order valence-corrected chi connectivity index (χ0v) is 24.3. The molecule has 0 radical (unpaired) electrons. The van der Waals surface area contributed by atoms with E-state index < -0.39 is 23.8 Å². The van der Waals surface area contributed by atoms with E-state index in [9.17, 15) is 14.4 Å². The summed E-state index contributed by atoms with van der Waals surface area (Å²) in [5.41, 5.74) is 4.18. The third-order valence-corrected chi connectivity index (χ3v) is 7.62. The Morgan fingerprint density at radius 2 is 1.59 bits per heavy atom. The maximum absolute atomic E-state index is 13.8. The summed E-state index contributed by atoms with van der Waals surface area (Å²) in [5, 5.41) is 14.3. The Bertz CT molecular complexity index is 2040. The summed E-state index contributed by atoms with van der Waals surface area (Å²) in [6.45, 7) is 2.10. The fraction of sp³-hybridized carbons (Fsp3) is 0.219. The van der Waals surface area contributed by atoms with Crippen LogP contribution >= 0.6 is 0 Å². The Labute approximate surface area is 251 Å². The highest BCUT2D eigenvalue weighted by molar-refractivity contribution is 5.80. The Morgan fingerprint density at radius 3 is 2.27 bits per heavy atom. The molecule has 3 heterocycles. The number of hydrogen-bond donors (Lipinski definition) is 1. The number of aryl methyl sites for hydroxylation is 3. The van der Waals surface area contributed by atoms with Gasteiger partial charge >= 0.3 is 11.7 Å². The van der Waals surface area contributed by atoms with Gasteiger partial charge < -0.3 is 9.30 Å². The van der Waals surface area contributed by atoms with Crippen LogP contribution in [-0.2, 0) is 42.0 Å². The molecule has 222 valence electrons. The fourth-order valence-electron chi connectivity index (χ4n) is 5.38. The second-order valence-electron chi connectivity index (χ2n) is 10.3. The molecule has 0 aliphatic heterocycles. The topological polar surface area (TPSA) is 143 Å². The molecule has 0 spiro atoms. The summed E-state index contributed by atoms with van der Waals surface area (Å²) >= 11 is 0. The third kappa shape index (κ3) is 5.44. The second-order valence-corrected chi connectivity index (χ2v) is 10.3. The number of benzene rings is 3. The first-order valence-corrected chi connectivity index (χ1v) is 14.2. The van der Waals surface area contributed by atoms with Crippen molar-refractivity contribution in [2.45, 2.75) is 39.4 Å². The quantitative estimate of drug-likeness (QED) is 0.240. The van der Waals surface area contributed by atoms with Crippen molar-refractivity contribution in [3.8, 4) is 22.5 Å². The predicted octanol–water partition coefficient (Wildman–Crippen LogP) is 3.23. The van der Waals surface area contributed by atoms with Crippen molar-refractivity contribution >= 4 is 17.1 Å². The predicted molar refractivity (Wildman–Crippen MR) is 164 cm³/mol. The molecule has 0 aliphatic carbocycles. The first-order chi connectivity index (χ1) is 21.5. The van der Waals surface area contributed by atoms with Crippen LogP contribution in [0.5, 0.6) is 0 Å². The number of ether oxygens (including phenoxy) is 1. The summed E-state index contributed by atoms with van der Waals surface area (Å²) in [5.74, 6) is 0.550. The van der Waals surface area contributed by atoms with Gasteiger partial charge in [-0.1, -0.05) is 85.8 Å². The average Bonchev–Trinajstić information content (AvgIpc) is 3.73. The summed E-state index contributed by atoms with van der Waals surface area (Å²) in [6, 6.07) is 25.6. The van der Waals surface area contributed by atoms with Crippen molar-refractivity contribution in [1.29, 1.82) is 0 Å². The number of esters is 1. The van der Waals surface area contributed by atoms with Crippen molar-refractivity contribution in [3.05, 3.63) is 117 Å². The Balaban J connectivity index is 1.41. The van der Waals surface area contributed by atoms with Gasteiger partial charge in [0.15, 0.2) is 17.0 Å². The molecule has 0 atom stereocenters. The summed E-state index contributed by atoms with van der Waals surface area (Å²) in [7, 11) is 1.23. The van der Waals surface area contributed by atoms with Gasteiger partial charge in [0.1, 0.15) is 12.4 Å². The monoisotopic (exact) mass is 590 g/mol. The zero-order valence-electron chi connectivity index (χ0n) is 24.3. The van der Waals surface area contributed by atoms with Crippen molar-refractivity contribution in [3.63, 3.8) is 0 Å². The summed E-state index contributed by atoms with van der Waals surface area (Å²) < 4.78 is 9.06. The van der Waals surface area contributed by atoms with Crippen molar-refractivity contribution in [2.24, 2.45) is 0 Å². The van der Waals surface area contributed by atoms with Crippen molar-refractivity contribution in [1.82, 2.24) is 39.3 Å². The van der Waals surface area contributed by atoms with E-state index in [4.69, 9.17) is 9.72 Å². The lowest BCUT2D eigenvalue weighted by molar-refractivity contribution is -0.141. The minimum Gasteiger partial charge on any atom is -0.468 e. The smallest absolute Gasteiger partial charge is 0.333 e.